The van der Waals surface area contributed by atoms with Crippen LogP contribution in [0.1, 0.15) is 5.69 Å². The van der Waals surface area contributed by atoms with E-state index in [9.17, 15) is 0 Å². The highest BCUT2D eigenvalue weighted by atomic mass is 35.5. The van der Waals surface area contributed by atoms with Crippen molar-refractivity contribution in [2.45, 2.75) is 6.92 Å². The zero-order valence-electron chi connectivity index (χ0n) is 14.8. The molecule has 7 nitrogen and oxygen atoms in total. The van der Waals surface area contributed by atoms with Crippen LogP contribution in [0.25, 0.3) is 11.3 Å². The highest BCUT2D eigenvalue weighted by Gasteiger charge is 2.21. The molecular weight excluding hydrogens is 385 g/mol. The Bertz CT molecular complexity index is 964. The molecule has 0 amide bonds. The third-order valence-corrected chi connectivity index (χ3v) is 5.41. The minimum Gasteiger partial charge on any atom is -0.382 e. The average Bonchev–Trinajstić information content (AvgIpc) is 3.11. The summed E-state index contributed by atoms with van der Waals surface area (Å²) < 4.78 is 0. The molecule has 0 radical (unpaired) electrons. The van der Waals surface area contributed by atoms with Crippen molar-refractivity contribution in [2.75, 3.05) is 41.7 Å². The number of nitrogens with two attached hydrogens (primary N) is 1. The molecule has 0 aliphatic carbocycles. The number of piperazine rings is 1. The minimum atomic E-state index is 0.334. The summed E-state index contributed by atoms with van der Waals surface area (Å²) in [6.45, 7) is 5.31. The van der Waals surface area contributed by atoms with E-state index in [1.807, 2.05) is 25.3 Å². The van der Waals surface area contributed by atoms with Crippen LogP contribution in [0.5, 0.6) is 0 Å². The fraction of sp³-hybridized carbons (Fsp3) is 0.278. The predicted octanol–water partition coefficient (Wildman–Crippen LogP) is 3.39. The van der Waals surface area contributed by atoms with Crippen LogP contribution < -0.4 is 15.5 Å². The molecule has 1 aliphatic heterocycles. The van der Waals surface area contributed by atoms with Crippen LogP contribution in [-0.2, 0) is 0 Å². The number of aromatic nitrogens is 4. The van der Waals surface area contributed by atoms with E-state index in [1.165, 1.54) is 0 Å². The fourth-order valence-electron chi connectivity index (χ4n) is 3.15. The number of hydrogen-bond acceptors (Lipinski definition) is 6. The second-order valence-corrected chi connectivity index (χ2v) is 7.21. The van der Waals surface area contributed by atoms with Crippen molar-refractivity contribution >= 4 is 40.8 Å². The molecule has 9 heteroatoms. The molecule has 4 rings (SSSR count). The van der Waals surface area contributed by atoms with Gasteiger partial charge in [0.25, 0.3) is 0 Å². The van der Waals surface area contributed by atoms with E-state index in [1.54, 1.807) is 12.3 Å². The molecule has 3 heterocycles. The topological polar surface area (TPSA) is 87.0 Å². The van der Waals surface area contributed by atoms with Crippen molar-refractivity contribution in [3.8, 4) is 11.3 Å². The Balaban J connectivity index is 1.51. The largest absolute Gasteiger partial charge is 0.382 e. The molecule has 27 heavy (non-hydrogen) atoms. The number of nitrogens with zero attached hydrogens (tertiary/aromatic N) is 5. The first-order valence-electron chi connectivity index (χ1n) is 8.61. The third kappa shape index (κ3) is 3.52. The summed E-state index contributed by atoms with van der Waals surface area (Å²) in [5.74, 6) is 1.99. The van der Waals surface area contributed by atoms with E-state index in [2.05, 4.69) is 29.7 Å². The predicted molar refractivity (Wildman–Crippen MR) is 110 cm³/mol. The van der Waals surface area contributed by atoms with Crippen LogP contribution in [0, 0.1) is 6.92 Å². The van der Waals surface area contributed by atoms with E-state index < -0.39 is 0 Å². The highest BCUT2D eigenvalue weighted by Crippen LogP contribution is 2.35. The highest BCUT2D eigenvalue weighted by molar-refractivity contribution is 6.43. The summed E-state index contributed by atoms with van der Waals surface area (Å²) in [6, 6.07) is 5.37. The summed E-state index contributed by atoms with van der Waals surface area (Å²) in [5, 5.41) is 0.888. The lowest BCUT2D eigenvalue weighted by Gasteiger charge is -2.35. The Kier molecular flexibility index (Phi) is 4.80. The quantitative estimate of drug-likeness (QED) is 0.696. The smallest absolute Gasteiger partial charge is 0.203 e. The van der Waals surface area contributed by atoms with Gasteiger partial charge in [-0.25, -0.2) is 15.0 Å². The lowest BCUT2D eigenvalue weighted by atomic mass is 10.1. The molecule has 2 aromatic heterocycles. The third-order valence-electron chi connectivity index (χ3n) is 4.59. The van der Waals surface area contributed by atoms with E-state index in [0.29, 0.717) is 27.1 Å². The number of aromatic amines is 1. The minimum absolute atomic E-state index is 0.334. The van der Waals surface area contributed by atoms with Gasteiger partial charge in [0.2, 0.25) is 5.95 Å². The van der Waals surface area contributed by atoms with Crippen molar-refractivity contribution in [3.05, 3.63) is 46.3 Å². The number of nitrogens with one attached hydrogen (secondary N) is 1. The van der Waals surface area contributed by atoms with Gasteiger partial charge >= 0.3 is 0 Å². The van der Waals surface area contributed by atoms with Gasteiger partial charge in [-0.3, -0.25) is 0 Å². The van der Waals surface area contributed by atoms with Crippen molar-refractivity contribution in [1.29, 1.82) is 0 Å². The Labute approximate surface area is 167 Å². The number of anilines is 3. The van der Waals surface area contributed by atoms with Crippen LogP contribution in [0.15, 0.2) is 30.6 Å². The Morgan fingerprint density at radius 3 is 2.44 bits per heavy atom. The summed E-state index contributed by atoms with van der Waals surface area (Å²) in [7, 11) is 0. The molecule has 0 saturated carbocycles. The summed E-state index contributed by atoms with van der Waals surface area (Å²) in [5.41, 5.74) is 8.45. The number of nitrogen functional groups attached to an aromatic ring is 1. The van der Waals surface area contributed by atoms with Crippen molar-refractivity contribution in [2.24, 2.45) is 0 Å². The van der Waals surface area contributed by atoms with Gasteiger partial charge in [0.15, 0.2) is 5.82 Å². The second-order valence-electron chi connectivity index (χ2n) is 6.43. The standard InChI is InChI=1S/C18H19Cl2N7/c1-11-9-23-18(24-11)27-7-5-26(6-8-27)14-10-22-16(17(21)25-14)12-3-2-4-13(19)15(12)20/h2-4,9-10H,5-8H2,1H3,(H2,21,25)(H,23,24). The molecular formula is C18H19Cl2N7. The van der Waals surface area contributed by atoms with Gasteiger partial charge in [0.1, 0.15) is 11.5 Å². The van der Waals surface area contributed by atoms with E-state index in [4.69, 9.17) is 28.9 Å². The molecule has 0 atom stereocenters. The van der Waals surface area contributed by atoms with Gasteiger partial charge in [-0.2, -0.15) is 0 Å². The fourth-order valence-corrected chi connectivity index (χ4v) is 3.54. The lowest BCUT2D eigenvalue weighted by Crippen LogP contribution is -2.47. The number of aryl methyl sites for hydroxylation is 1. The van der Waals surface area contributed by atoms with Crippen molar-refractivity contribution in [3.63, 3.8) is 0 Å². The van der Waals surface area contributed by atoms with Crippen LogP contribution in [-0.4, -0.2) is 46.1 Å². The molecule has 0 unspecified atom stereocenters. The van der Waals surface area contributed by atoms with E-state index >= 15 is 0 Å². The molecule has 1 aliphatic rings. The first kappa shape index (κ1) is 17.9. The maximum Gasteiger partial charge on any atom is 0.203 e. The molecule has 3 aromatic rings. The second kappa shape index (κ2) is 7.25. The molecule has 1 fully saturated rings. The number of halogens is 2. The number of rotatable bonds is 3. The molecule has 3 N–H and O–H groups in total. The SMILES string of the molecule is Cc1cnc(N2CCN(c3cnc(-c4cccc(Cl)c4Cl)c(N)n3)CC2)[nH]1. The summed E-state index contributed by atoms with van der Waals surface area (Å²) in [6.07, 6.45) is 3.57. The maximum absolute atomic E-state index is 6.28. The number of imidazole rings is 1. The summed E-state index contributed by atoms with van der Waals surface area (Å²) in [4.78, 5) is 21.1. The maximum atomic E-state index is 6.28. The first-order valence-corrected chi connectivity index (χ1v) is 9.37. The van der Waals surface area contributed by atoms with Crippen LogP contribution in [0.2, 0.25) is 10.0 Å². The first-order chi connectivity index (χ1) is 13.0. The van der Waals surface area contributed by atoms with E-state index in [0.717, 1.165) is 43.6 Å². The van der Waals surface area contributed by atoms with Crippen molar-refractivity contribution < 1.29 is 0 Å². The number of benzene rings is 1. The van der Waals surface area contributed by atoms with Gasteiger partial charge in [-0.05, 0) is 13.0 Å². The normalized spacial score (nSPS) is 14.6. The van der Waals surface area contributed by atoms with Gasteiger partial charge in [-0.1, -0.05) is 35.3 Å². The van der Waals surface area contributed by atoms with Crippen LogP contribution in [0.3, 0.4) is 0 Å². The van der Waals surface area contributed by atoms with E-state index in [-0.39, 0.29) is 0 Å². The summed E-state index contributed by atoms with van der Waals surface area (Å²) >= 11 is 12.4. The Hall–Kier alpha value is -2.51. The monoisotopic (exact) mass is 403 g/mol. The Morgan fingerprint density at radius 1 is 1.04 bits per heavy atom. The van der Waals surface area contributed by atoms with Gasteiger partial charge in [-0.15, -0.1) is 0 Å². The van der Waals surface area contributed by atoms with Gasteiger partial charge in [0.05, 0.1) is 16.2 Å². The van der Waals surface area contributed by atoms with Crippen molar-refractivity contribution in [1.82, 2.24) is 19.9 Å². The lowest BCUT2D eigenvalue weighted by molar-refractivity contribution is 0.636. The van der Waals surface area contributed by atoms with Gasteiger partial charge in [0, 0.05) is 43.6 Å². The molecule has 1 aromatic carbocycles. The Morgan fingerprint density at radius 2 is 1.78 bits per heavy atom. The zero-order chi connectivity index (χ0) is 19.0. The van der Waals surface area contributed by atoms with Gasteiger partial charge < -0.3 is 20.5 Å². The van der Waals surface area contributed by atoms with Crippen LogP contribution >= 0.6 is 23.2 Å². The molecule has 0 spiro atoms. The average molecular weight is 404 g/mol. The molecule has 140 valence electrons. The number of H-pyrrole nitrogens is 1. The van der Waals surface area contributed by atoms with Crippen LogP contribution in [0.4, 0.5) is 17.6 Å². The molecule has 0 bridgehead atoms. The molecule has 1 saturated heterocycles. The zero-order valence-corrected chi connectivity index (χ0v) is 16.3. The number of hydrogen-bond donors (Lipinski definition) is 2.